The Kier molecular flexibility index (Phi) is 3.32. The lowest BCUT2D eigenvalue weighted by molar-refractivity contribution is 0.318. The molecule has 0 spiro atoms. The van der Waals surface area contributed by atoms with Crippen molar-refractivity contribution in [2.75, 3.05) is 0 Å². The molecule has 14 heavy (non-hydrogen) atoms. The number of rotatable bonds is 2. The van der Waals surface area contributed by atoms with Crippen LogP contribution in [0.5, 0.6) is 0 Å². The summed E-state index contributed by atoms with van der Waals surface area (Å²) in [4.78, 5) is 5.81. The SMILES string of the molecule is Cc1nc(CC(N)C(C)(C)C)sc1C. The lowest BCUT2D eigenvalue weighted by atomic mass is 9.86. The molecule has 0 aliphatic carbocycles. The molecule has 0 aliphatic heterocycles. The molecule has 1 aromatic heterocycles. The van der Waals surface area contributed by atoms with Crippen molar-refractivity contribution in [1.82, 2.24) is 4.98 Å². The van der Waals surface area contributed by atoms with Crippen LogP contribution in [0.2, 0.25) is 0 Å². The van der Waals surface area contributed by atoms with E-state index in [9.17, 15) is 0 Å². The van der Waals surface area contributed by atoms with E-state index >= 15 is 0 Å². The van der Waals surface area contributed by atoms with E-state index < -0.39 is 0 Å². The number of aryl methyl sites for hydroxylation is 2. The second-order valence-corrected chi connectivity index (χ2v) is 6.21. The Labute approximate surface area is 90.6 Å². The van der Waals surface area contributed by atoms with Gasteiger partial charge in [-0.2, -0.15) is 0 Å². The van der Waals surface area contributed by atoms with Crippen LogP contribution in [0.4, 0.5) is 0 Å². The fraction of sp³-hybridized carbons (Fsp3) is 0.727. The molecule has 1 aromatic rings. The quantitative estimate of drug-likeness (QED) is 0.818. The first kappa shape index (κ1) is 11.7. The van der Waals surface area contributed by atoms with Crippen LogP contribution in [0, 0.1) is 19.3 Å². The Morgan fingerprint density at radius 1 is 1.36 bits per heavy atom. The van der Waals surface area contributed by atoms with Gasteiger partial charge in [-0.15, -0.1) is 11.3 Å². The predicted octanol–water partition coefficient (Wildman–Crippen LogP) is 2.68. The van der Waals surface area contributed by atoms with Crippen LogP contribution in [0.15, 0.2) is 0 Å². The number of hydrogen-bond acceptors (Lipinski definition) is 3. The smallest absolute Gasteiger partial charge is 0.0946 e. The van der Waals surface area contributed by atoms with Crippen molar-refractivity contribution in [1.29, 1.82) is 0 Å². The molecule has 0 fully saturated rings. The van der Waals surface area contributed by atoms with Gasteiger partial charge in [-0.05, 0) is 19.3 Å². The number of nitrogens with two attached hydrogens (primary N) is 1. The Balaban J connectivity index is 2.70. The van der Waals surface area contributed by atoms with Gasteiger partial charge in [-0.3, -0.25) is 0 Å². The van der Waals surface area contributed by atoms with Crippen molar-refractivity contribution in [3.8, 4) is 0 Å². The van der Waals surface area contributed by atoms with Gasteiger partial charge in [0.2, 0.25) is 0 Å². The fourth-order valence-electron chi connectivity index (χ4n) is 1.12. The topological polar surface area (TPSA) is 38.9 Å². The molecule has 0 bridgehead atoms. The first-order chi connectivity index (χ1) is 6.30. The second kappa shape index (κ2) is 3.99. The van der Waals surface area contributed by atoms with Crippen LogP contribution < -0.4 is 5.73 Å². The molecule has 1 atom stereocenters. The average Bonchev–Trinajstić information content (AvgIpc) is 2.29. The van der Waals surface area contributed by atoms with Crippen molar-refractivity contribution in [2.45, 2.75) is 47.1 Å². The van der Waals surface area contributed by atoms with Gasteiger partial charge in [0.15, 0.2) is 0 Å². The highest BCUT2D eigenvalue weighted by molar-refractivity contribution is 7.11. The molecule has 0 saturated carbocycles. The Morgan fingerprint density at radius 2 is 1.93 bits per heavy atom. The molecule has 3 heteroatoms. The summed E-state index contributed by atoms with van der Waals surface area (Å²) in [6.07, 6.45) is 0.892. The maximum Gasteiger partial charge on any atom is 0.0946 e. The van der Waals surface area contributed by atoms with Gasteiger partial charge >= 0.3 is 0 Å². The minimum Gasteiger partial charge on any atom is -0.327 e. The van der Waals surface area contributed by atoms with Gasteiger partial charge in [0, 0.05) is 17.3 Å². The first-order valence-electron chi connectivity index (χ1n) is 4.99. The Hall–Kier alpha value is -0.410. The summed E-state index contributed by atoms with van der Waals surface area (Å²) in [7, 11) is 0. The van der Waals surface area contributed by atoms with E-state index in [1.165, 1.54) is 9.88 Å². The number of hydrogen-bond donors (Lipinski definition) is 1. The van der Waals surface area contributed by atoms with Crippen LogP contribution in [-0.2, 0) is 6.42 Å². The van der Waals surface area contributed by atoms with Crippen LogP contribution in [-0.4, -0.2) is 11.0 Å². The van der Waals surface area contributed by atoms with Crippen molar-refractivity contribution >= 4 is 11.3 Å². The molecule has 0 radical (unpaired) electrons. The molecule has 0 aromatic carbocycles. The highest BCUT2D eigenvalue weighted by atomic mass is 32.1. The zero-order valence-electron chi connectivity index (χ0n) is 9.72. The maximum atomic E-state index is 6.11. The molecular weight excluding hydrogens is 192 g/mol. The first-order valence-corrected chi connectivity index (χ1v) is 5.81. The number of thiazole rings is 1. The number of aromatic nitrogens is 1. The molecule has 2 N–H and O–H groups in total. The van der Waals surface area contributed by atoms with Gasteiger partial charge in [0.05, 0.1) is 10.7 Å². The summed E-state index contributed by atoms with van der Waals surface area (Å²) >= 11 is 1.77. The zero-order chi connectivity index (χ0) is 10.9. The monoisotopic (exact) mass is 212 g/mol. The molecule has 1 heterocycles. The minimum atomic E-state index is 0.160. The van der Waals surface area contributed by atoms with Gasteiger partial charge in [-0.25, -0.2) is 4.98 Å². The summed E-state index contributed by atoms with van der Waals surface area (Å²) in [6.45, 7) is 10.7. The summed E-state index contributed by atoms with van der Waals surface area (Å²) in [6, 6.07) is 0.187. The van der Waals surface area contributed by atoms with Crippen molar-refractivity contribution < 1.29 is 0 Å². The van der Waals surface area contributed by atoms with Crippen LogP contribution in [0.25, 0.3) is 0 Å². The van der Waals surface area contributed by atoms with E-state index in [1.807, 2.05) is 0 Å². The van der Waals surface area contributed by atoms with Crippen LogP contribution >= 0.6 is 11.3 Å². The molecule has 0 saturated heterocycles. The summed E-state index contributed by atoms with van der Waals surface area (Å²) < 4.78 is 0. The average molecular weight is 212 g/mol. The fourth-order valence-corrected chi connectivity index (χ4v) is 2.11. The van der Waals surface area contributed by atoms with Gasteiger partial charge in [-0.1, -0.05) is 20.8 Å². The van der Waals surface area contributed by atoms with E-state index in [-0.39, 0.29) is 11.5 Å². The number of nitrogens with zero attached hydrogens (tertiary/aromatic N) is 1. The van der Waals surface area contributed by atoms with E-state index in [0.717, 1.165) is 12.1 Å². The standard InChI is InChI=1S/C11H20N2S/c1-7-8(2)14-10(13-7)6-9(12)11(3,4)5/h9H,6,12H2,1-5H3. The second-order valence-electron chi connectivity index (χ2n) is 4.93. The molecule has 1 rings (SSSR count). The lowest BCUT2D eigenvalue weighted by Gasteiger charge is -2.26. The minimum absolute atomic E-state index is 0.160. The Morgan fingerprint density at radius 3 is 2.29 bits per heavy atom. The lowest BCUT2D eigenvalue weighted by Crippen LogP contribution is -2.36. The van der Waals surface area contributed by atoms with Crippen molar-refractivity contribution in [3.05, 3.63) is 15.6 Å². The van der Waals surface area contributed by atoms with Crippen LogP contribution in [0.3, 0.4) is 0 Å². The maximum absolute atomic E-state index is 6.11. The van der Waals surface area contributed by atoms with E-state index in [2.05, 4.69) is 39.6 Å². The van der Waals surface area contributed by atoms with Gasteiger partial charge < -0.3 is 5.73 Å². The Bertz CT molecular complexity index is 290. The third-order valence-electron chi connectivity index (χ3n) is 2.58. The van der Waals surface area contributed by atoms with Crippen molar-refractivity contribution in [2.24, 2.45) is 11.1 Å². The highest BCUT2D eigenvalue weighted by Gasteiger charge is 2.22. The summed E-state index contributed by atoms with van der Waals surface area (Å²) in [5.74, 6) is 0. The molecule has 80 valence electrons. The normalized spacial score (nSPS) is 14.4. The van der Waals surface area contributed by atoms with E-state index in [0.29, 0.717) is 0 Å². The van der Waals surface area contributed by atoms with Crippen LogP contribution in [0.1, 0.15) is 36.3 Å². The third-order valence-corrected chi connectivity index (χ3v) is 3.67. The van der Waals surface area contributed by atoms with Gasteiger partial charge in [0.25, 0.3) is 0 Å². The van der Waals surface area contributed by atoms with E-state index in [1.54, 1.807) is 11.3 Å². The summed E-state index contributed by atoms with van der Waals surface area (Å²) in [5, 5.41) is 1.17. The largest absolute Gasteiger partial charge is 0.327 e. The predicted molar refractivity (Wildman–Crippen MR) is 62.7 cm³/mol. The third kappa shape index (κ3) is 2.79. The van der Waals surface area contributed by atoms with E-state index in [4.69, 9.17) is 5.73 Å². The summed E-state index contributed by atoms with van der Waals surface area (Å²) in [5.41, 5.74) is 7.41. The molecule has 0 aliphatic rings. The zero-order valence-corrected chi connectivity index (χ0v) is 10.5. The van der Waals surface area contributed by atoms with Crippen molar-refractivity contribution in [3.63, 3.8) is 0 Å². The molecule has 0 amide bonds. The van der Waals surface area contributed by atoms with Gasteiger partial charge in [0.1, 0.15) is 0 Å². The molecule has 1 unspecified atom stereocenters. The molecule has 2 nitrogen and oxygen atoms in total. The molecular formula is C11H20N2S. The highest BCUT2D eigenvalue weighted by Crippen LogP contribution is 2.24.